The van der Waals surface area contributed by atoms with Gasteiger partial charge in [0.25, 0.3) is 11.8 Å². The van der Waals surface area contributed by atoms with Gasteiger partial charge in [0, 0.05) is 90.2 Å². The van der Waals surface area contributed by atoms with Crippen LogP contribution in [0.4, 0.5) is 11.4 Å². The van der Waals surface area contributed by atoms with Gasteiger partial charge in [-0.15, -0.1) is 0 Å². The van der Waals surface area contributed by atoms with E-state index in [4.69, 9.17) is 0 Å². The molecule has 4 aromatic rings. The summed E-state index contributed by atoms with van der Waals surface area (Å²) in [5.74, 6) is -1.30. The Labute approximate surface area is 330 Å². The Balaban J connectivity index is 0.798. The number of nitriles is 1. The van der Waals surface area contributed by atoms with Gasteiger partial charge in [0.05, 0.1) is 28.3 Å². The van der Waals surface area contributed by atoms with Crippen LogP contribution in [0.25, 0.3) is 10.9 Å². The molecule has 7 aliphatic rings. The summed E-state index contributed by atoms with van der Waals surface area (Å²) in [6.07, 6.45) is 4.42. The first-order valence-corrected chi connectivity index (χ1v) is 20.3. The van der Waals surface area contributed by atoms with Gasteiger partial charge in [-0.05, 0) is 91.6 Å². The van der Waals surface area contributed by atoms with Gasteiger partial charge in [-0.2, -0.15) is 5.26 Å². The predicted octanol–water partition coefficient (Wildman–Crippen LogP) is 5.05. The van der Waals surface area contributed by atoms with Gasteiger partial charge >= 0.3 is 0 Å². The first-order chi connectivity index (χ1) is 27.4. The highest BCUT2D eigenvalue weighted by Crippen LogP contribution is 2.46. The molecule has 1 aromatic heterocycles. The van der Waals surface area contributed by atoms with Crippen LogP contribution in [0, 0.1) is 17.2 Å². The lowest BCUT2D eigenvalue weighted by Gasteiger charge is -2.58. The molecule has 0 spiro atoms. The van der Waals surface area contributed by atoms with Crippen LogP contribution in [-0.4, -0.2) is 95.0 Å². The van der Waals surface area contributed by atoms with Gasteiger partial charge in [0.2, 0.25) is 11.8 Å². The Bertz CT molecular complexity index is 2490. The lowest BCUT2D eigenvalue weighted by molar-refractivity contribution is -0.136. The van der Waals surface area contributed by atoms with Crippen LogP contribution in [0.5, 0.6) is 0 Å². The molecule has 3 atom stereocenters. The Morgan fingerprint density at radius 2 is 1.61 bits per heavy atom. The molecule has 290 valence electrons. The fourth-order valence-electron chi connectivity index (χ4n) is 10.7. The number of hydrogen-bond donors (Lipinski definition) is 2. The number of nitrogens with one attached hydrogen (secondary N) is 2. The molecule has 11 rings (SSSR count). The monoisotopic (exact) mass is 763 g/mol. The van der Waals surface area contributed by atoms with E-state index >= 15 is 0 Å². The lowest BCUT2D eigenvalue weighted by Crippen LogP contribution is -2.69. The first kappa shape index (κ1) is 35.6. The van der Waals surface area contributed by atoms with E-state index in [9.17, 15) is 29.2 Å². The van der Waals surface area contributed by atoms with Crippen molar-refractivity contribution in [1.82, 2.24) is 20.1 Å². The molecule has 12 nitrogen and oxygen atoms in total. The number of piperidine rings is 3. The minimum absolute atomic E-state index is 0.0464. The van der Waals surface area contributed by atoms with Crippen molar-refractivity contribution in [3.63, 3.8) is 0 Å². The molecule has 2 N–H and O–H groups in total. The summed E-state index contributed by atoms with van der Waals surface area (Å²) in [7, 11) is 0. The van der Waals surface area contributed by atoms with Gasteiger partial charge in [0.1, 0.15) is 6.04 Å². The zero-order valence-electron chi connectivity index (χ0n) is 32.5. The second-order valence-electron chi connectivity index (χ2n) is 17.3. The number of rotatable bonds is 6. The number of aromatic nitrogens is 1. The van der Waals surface area contributed by atoms with Crippen LogP contribution in [0.1, 0.15) is 112 Å². The summed E-state index contributed by atoms with van der Waals surface area (Å²) in [4.78, 5) is 77.1. The smallest absolute Gasteiger partial charge is 0.262 e. The summed E-state index contributed by atoms with van der Waals surface area (Å²) >= 11 is 0. The zero-order chi connectivity index (χ0) is 39.5. The van der Waals surface area contributed by atoms with Crippen LogP contribution in [-0.2, 0) is 21.4 Å². The van der Waals surface area contributed by atoms with Crippen LogP contribution < -0.4 is 15.1 Å². The van der Waals surface area contributed by atoms with Crippen molar-refractivity contribution in [2.45, 2.75) is 82.8 Å². The van der Waals surface area contributed by atoms with E-state index in [2.05, 4.69) is 64.0 Å². The maximum atomic E-state index is 14.1. The maximum Gasteiger partial charge on any atom is 0.262 e. The summed E-state index contributed by atoms with van der Waals surface area (Å²) in [6.45, 7) is 11.2. The molecule has 12 heteroatoms. The molecule has 2 bridgehead atoms. The first-order valence-electron chi connectivity index (χ1n) is 20.3. The zero-order valence-corrected chi connectivity index (χ0v) is 32.5. The van der Waals surface area contributed by atoms with Crippen molar-refractivity contribution in [3.05, 3.63) is 93.2 Å². The summed E-state index contributed by atoms with van der Waals surface area (Å²) in [5, 5.41) is 12.6. The van der Waals surface area contributed by atoms with Crippen LogP contribution in [0.3, 0.4) is 0 Å². The van der Waals surface area contributed by atoms with E-state index < -0.39 is 29.2 Å². The number of aromatic amines is 1. The number of nitrogens with zero attached hydrogens (tertiary/aromatic N) is 5. The largest absolute Gasteiger partial charge is 0.371 e. The number of carbonyl (C=O) groups excluding carboxylic acids is 5. The molecular weight excluding hydrogens is 719 g/mol. The molecule has 6 aliphatic heterocycles. The average Bonchev–Trinajstić information content (AvgIpc) is 3.73. The molecule has 0 radical (unpaired) electrons. The maximum absolute atomic E-state index is 14.1. The molecular formula is C45H45N7O5. The number of anilines is 2. The third-order valence-electron chi connectivity index (χ3n) is 13.9. The highest BCUT2D eigenvalue weighted by Gasteiger charge is 2.48. The predicted molar refractivity (Wildman–Crippen MR) is 214 cm³/mol. The lowest BCUT2D eigenvalue weighted by atomic mass is 9.70. The van der Waals surface area contributed by atoms with Gasteiger partial charge in [0.15, 0.2) is 5.78 Å². The second-order valence-corrected chi connectivity index (χ2v) is 17.3. The quantitative estimate of drug-likeness (QED) is 0.257. The number of H-pyrrole nitrogens is 1. The van der Waals surface area contributed by atoms with E-state index in [0.29, 0.717) is 34.7 Å². The molecule has 3 unspecified atom stereocenters. The van der Waals surface area contributed by atoms with Crippen molar-refractivity contribution < 1.29 is 24.0 Å². The highest BCUT2D eigenvalue weighted by atomic mass is 16.2. The van der Waals surface area contributed by atoms with Gasteiger partial charge < -0.3 is 14.8 Å². The second kappa shape index (κ2) is 12.9. The van der Waals surface area contributed by atoms with E-state index in [1.165, 1.54) is 11.3 Å². The van der Waals surface area contributed by atoms with Crippen molar-refractivity contribution in [2.75, 3.05) is 42.5 Å². The minimum atomic E-state index is -0.971. The van der Waals surface area contributed by atoms with E-state index in [-0.39, 0.29) is 24.5 Å². The van der Waals surface area contributed by atoms with Crippen molar-refractivity contribution in [2.24, 2.45) is 5.92 Å². The van der Waals surface area contributed by atoms with E-state index in [0.717, 1.165) is 102 Å². The van der Waals surface area contributed by atoms with Crippen molar-refractivity contribution >= 4 is 51.7 Å². The summed E-state index contributed by atoms with van der Waals surface area (Å²) < 4.78 is 0. The number of amides is 4. The number of imide groups is 2. The Kier molecular flexibility index (Phi) is 8.03. The molecule has 5 fully saturated rings. The van der Waals surface area contributed by atoms with Crippen LogP contribution in [0.15, 0.2) is 48.5 Å². The van der Waals surface area contributed by atoms with E-state index in [1.54, 1.807) is 18.2 Å². The molecule has 57 heavy (non-hydrogen) atoms. The van der Waals surface area contributed by atoms with Gasteiger partial charge in [-0.25, -0.2) is 0 Å². The Hall–Kier alpha value is -5.80. The van der Waals surface area contributed by atoms with Crippen molar-refractivity contribution in [3.8, 4) is 6.07 Å². The Morgan fingerprint density at radius 3 is 2.33 bits per heavy atom. The van der Waals surface area contributed by atoms with Crippen LogP contribution in [0.2, 0.25) is 0 Å². The number of aryl methyl sites for hydroxylation is 1. The van der Waals surface area contributed by atoms with Gasteiger partial charge in [-0.1, -0.05) is 26.8 Å². The summed E-state index contributed by atoms with van der Waals surface area (Å²) in [5.41, 5.74) is 8.40. The van der Waals surface area contributed by atoms with E-state index in [1.807, 2.05) is 18.2 Å². The Morgan fingerprint density at radius 1 is 0.860 bits per heavy atom. The topological polar surface area (TPSA) is 150 Å². The highest BCUT2D eigenvalue weighted by molar-refractivity contribution is 6.24. The van der Waals surface area contributed by atoms with Gasteiger partial charge in [-0.3, -0.25) is 39.1 Å². The third-order valence-corrected chi connectivity index (χ3v) is 13.9. The fourth-order valence-corrected chi connectivity index (χ4v) is 10.7. The van der Waals surface area contributed by atoms with Crippen LogP contribution >= 0.6 is 0 Å². The number of fused-ring (bicyclic) bond motifs is 7. The number of carbonyl (C=O) groups is 5. The van der Waals surface area contributed by atoms with Crippen molar-refractivity contribution in [1.29, 1.82) is 5.26 Å². The number of hydrogen-bond acceptors (Lipinski definition) is 9. The number of benzene rings is 3. The normalized spacial score (nSPS) is 24.3. The molecule has 4 amide bonds. The standard InChI is InChI=1S/C45H45N7O5/c1-4-26-16-33-34(45(2,3)41-39(40(33)54)31-7-5-25(20-46)15-35(31)47-41)19-37(26)49-13-11-24(12-14-49)21-51-28-17-29(51)23-50(22-28)27-6-8-30-32(18-27)44(57)52(43(30)56)36-9-10-38(53)48-42(36)55/h5-8,15-16,18-19,24,28-29,36,47H,4,9-14,17,21-23H2,1-3H3,(H,48,53,55). The average molecular weight is 764 g/mol. The molecule has 3 aromatic carbocycles. The minimum Gasteiger partial charge on any atom is -0.371 e. The fraction of sp³-hybridized carbons (Fsp3) is 0.422. The summed E-state index contributed by atoms with van der Waals surface area (Å²) in [6, 6.07) is 17.5. The molecule has 1 aliphatic carbocycles. The molecule has 7 heterocycles. The SMILES string of the molecule is CCc1cc2c(cc1N1CCC(CN3C4CC3CN(c3ccc5c(c3)C(=O)N(C3CCC(=O)NC3=O)C5=O)C4)CC1)C(C)(C)c1[nH]c3cc(C#N)ccc3c1C2=O. The number of piperazine rings is 1. The molecule has 0 saturated carbocycles. The number of ketones is 1. The molecule has 5 saturated heterocycles. The third kappa shape index (κ3) is 5.38.